The second kappa shape index (κ2) is 12.1. The SMILES string of the molecule is CCNC(=NCc1ccc(C(=O)N(C)C)cc1)NCCc1ccc(OC2CCCC2)cc1. The molecule has 0 spiro atoms. The van der Waals surface area contributed by atoms with Crippen LogP contribution in [0.3, 0.4) is 0 Å². The molecule has 1 aliphatic carbocycles. The van der Waals surface area contributed by atoms with Crippen LogP contribution in [0.2, 0.25) is 0 Å². The molecule has 1 aliphatic rings. The van der Waals surface area contributed by atoms with E-state index in [-0.39, 0.29) is 5.91 Å². The van der Waals surface area contributed by atoms with Gasteiger partial charge in [0.2, 0.25) is 0 Å². The average molecular weight is 437 g/mol. The van der Waals surface area contributed by atoms with E-state index in [2.05, 4.69) is 46.8 Å². The van der Waals surface area contributed by atoms with Crippen molar-refractivity contribution in [1.82, 2.24) is 15.5 Å². The third-order valence-electron chi connectivity index (χ3n) is 5.61. The van der Waals surface area contributed by atoms with Crippen LogP contribution in [0.4, 0.5) is 0 Å². The Hall–Kier alpha value is -3.02. The van der Waals surface area contributed by atoms with Gasteiger partial charge in [0.05, 0.1) is 12.6 Å². The zero-order chi connectivity index (χ0) is 22.8. The smallest absolute Gasteiger partial charge is 0.253 e. The summed E-state index contributed by atoms with van der Waals surface area (Å²) in [7, 11) is 3.51. The highest BCUT2D eigenvalue weighted by Gasteiger charge is 2.16. The molecule has 0 bridgehead atoms. The van der Waals surface area contributed by atoms with Crippen LogP contribution in [0.15, 0.2) is 53.5 Å². The molecule has 2 aromatic carbocycles. The van der Waals surface area contributed by atoms with Gasteiger partial charge in [0.15, 0.2) is 5.96 Å². The second-order valence-electron chi connectivity index (χ2n) is 8.44. The molecule has 2 N–H and O–H groups in total. The van der Waals surface area contributed by atoms with E-state index >= 15 is 0 Å². The number of nitrogens with one attached hydrogen (secondary N) is 2. The molecular formula is C26H36N4O2. The molecule has 1 fully saturated rings. The van der Waals surface area contributed by atoms with E-state index in [9.17, 15) is 4.79 Å². The van der Waals surface area contributed by atoms with Crippen molar-refractivity contribution >= 4 is 11.9 Å². The number of hydrogen-bond donors (Lipinski definition) is 2. The predicted octanol–water partition coefficient (Wildman–Crippen LogP) is 4.01. The molecule has 1 amide bonds. The standard InChI is InChI=1S/C26H36N4O2/c1-4-27-26(29-19-21-9-13-22(14-10-21)25(31)30(2)3)28-18-17-20-11-15-24(16-12-20)32-23-7-5-6-8-23/h9-16,23H,4-8,17-19H2,1-3H3,(H2,27,28,29). The van der Waals surface area contributed by atoms with Gasteiger partial charge in [-0.25, -0.2) is 4.99 Å². The molecule has 6 heteroatoms. The fourth-order valence-corrected chi connectivity index (χ4v) is 3.78. The summed E-state index contributed by atoms with van der Waals surface area (Å²) in [5.41, 5.74) is 3.02. The number of benzene rings is 2. The number of nitrogens with zero attached hydrogens (tertiary/aromatic N) is 2. The van der Waals surface area contributed by atoms with Gasteiger partial charge < -0.3 is 20.3 Å². The Balaban J connectivity index is 1.47. The van der Waals surface area contributed by atoms with Crippen LogP contribution in [-0.2, 0) is 13.0 Å². The second-order valence-corrected chi connectivity index (χ2v) is 8.44. The van der Waals surface area contributed by atoms with E-state index in [4.69, 9.17) is 4.74 Å². The minimum atomic E-state index is 0.00758. The highest BCUT2D eigenvalue weighted by Crippen LogP contribution is 2.24. The summed E-state index contributed by atoms with van der Waals surface area (Å²) >= 11 is 0. The third kappa shape index (κ3) is 7.29. The molecule has 0 aliphatic heterocycles. The summed E-state index contributed by atoms with van der Waals surface area (Å²) in [5.74, 6) is 1.78. The van der Waals surface area contributed by atoms with Gasteiger partial charge in [-0.05, 0) is 74.4 Å². The maximum Gasteiger partial charge on any atom is 0.253 e. The Bertz CT molecular complexity index is 870. The maximum absolute atomic E-state index is 12.0. The molecule has 0 saturated heterocycles. The molecule has 1 saturated carbocycles. The molecule has 0 atom stereocenters. The number of carbonyl (C=O) groups excluding carboxylic acids is 1. The lowest BCUT2D eigenvalue weighted by Gasteiger charge is -2.14. The number of hydrogen-bond acceptors (Lipinski definition) is 3. The van der Waals surface area contributed by atoms with Gasteiger partial charge in [0.1, 0.15) is 5.75 Å². The highest BCUT2D eigenvalue weighted by molar-refractivity contribution is 5.93. The van der Waals surface area contributed by atoms with Gasteiger partial charge in [-0.2, -0.15) is 0 Å². The molecule has 0 unspecified atom stereocenters. The zero-order valence-electron chi connectivity index (χ0n) is 19.6. The molecule has 6 nitrogen and oxygen atoms in total. The number of amides is 1. The summed E-state index contributed by atoms with van der Waals surface area (Å²) in [5, 5.41) is 6.70. The van der Waals surface area contributed by atoms with Gasteiger partial charge in [0, 0.05) is 32.7 Å². The van der Waals surface area contributed by atoms with Crippen molar-refractivity contribution in [3.63, 3.8) is 0 Å². The van der Waals surface area contributed by atoms with Crippen LogP contribution >= 0.6 is 0 Å². The Morgan fingerprint density at radius 1 is 1.00 bits per heavy atom. The molecule has 172 valence electrons. The van der Waals surface area contributed by atoms with Gasteiger partial charge in [0.25, 0.3) is 5.91 Å². The van der Waals surface area contributed by atoms with Gasteiger partial charge >= 0.3 is 0 Å². The predicted molar refractivity (Wildman–Crippen MR) is 130 cm³/mol. The Morgan fingerprint density at radius 2 is 1.66 bits per heavy atom. The fraction of sp³-hybridized carbons (Fsp3) is 0.462. The average Bonchev–Trinajstić information content (AvgIpc) is 3.31. The van der Waals surface area contributed by atoms with Crippen molar-refractivity contribution in [1.29, 1.82) is 0 Å². The molecule has 0 heterocycles. The Morgan fingerprint density at radius 3 is 2.28 bits per heavy atom. The molecule has 3 rings (SSSR count). The van der Waals surface area contributed by atoms with Crippen molar-refractivity contribution in [2.24, 2.45) is 4.99 Å². The minimum absolute atomic E-state index is 0.00758. The first kappa shape index (κ1) is 23.6. The van der Waals surface area contributed by atoms with Crippen LogP contribution < -0.4 is 15.4 Å². The summed E-state index contributed by atoms with van der Waals surface area (Å²) in [6, 6.07) is 16.1. The molecule has 0 radical (unpaired) electrons. The summed E-state index contributed by atoms with van der Waals surface area (Å²) in [6.07, 6.45) is 6.23. The van der Waals surface area contributed by atoms with Crippen LogP contribution in [-0.4, -0.2) is 50.1 Å². The topological polar surface area (TPSA) is 66.0 Å². The van der Waals surface area contributed by atoms with Gasteiger partial charge in [-0.15, -0.1) is 0 Å². The molecule has 0 aromatic heterocycles. The van der Waals surface area contributed by atoms with Gasteiger partial charge in [-0.1, -0.05) is 24.3 Å². The number of rotatable bonds is 9. The van der Waals surface area contributed by atoms with E-state index in [1.165, 1.54) is 31.2 Å². The van der Waals surface area contributed by atoms with Crippen molar-refractivity contribution in [3.8, 4) is 5.75 Å². The first-order chi connectivity index (χ1) is 15.5. The van der Waals surface area contributed by atoms with Crippen molar-refractivity contribution in [3.05, 3.63) is 65.2 Å². The largest absolute Gasteiger partial charge is 0.490 e. The van der Waals surface area contributed by atoms with Crippen LogP contribution in [0, 0.1) is 0 Å². The van der Waals surface area contributed by atoms with Crippen LogP contribution in [0.5, 0.6) is 5.75 Å². The first-order valence-electron chi connectivity index (χ1n) is 11.6. The van der Waals surface area contributed by atoms with Crippen molar-refractivity contribution in [2.75, 3.05) is 27.2 Å². The number of aliphatic imine (C=N–C) groups is 1. The van der Waals surface area contributed by atoms with Crippen molar-refractivity contribution < 1.29 is 9.53 Å². The Kier molecular flexibility index (Phi) is 8.96. The van der Waals surface area contributed by atoms with E-state index in [1.54, 1.807) is 19.0 Å². The Labute approximate surface area is 192 Å². The van der Waals surface area contributed by atoms with Crippen LogP contribution in [0.1, 0.15) is 54.1 Å². The lowest BCUT2D eigenvalue weighted by Crippen LogP contribution is -2.38. The molecule has 32 heavy (non-hydrogen) atoms. The van der Waals surface area contributed by atoms with Crippen LogP contribution in [0.25, 0.3) is 0 Å². The summed E-state index contributed by atoms with van der Waals surface area (Å²) < 4.78 is 6.05. The zero-order valence-corrected chi connectivity index (χ0v) is 19.6. The normalized spacial score (nSPS) is 14.3. The first-order valence-corrected chi connectivity index (χ1v) is 11.6. The monoisotopic (exact) mass is 436 g/mol. The highest BCUT2D eigenvalue weighted by atomic mass is 16.5. The number of carbonyl (C=O) groups is 1. The maximum atomic E-state index is 12.0. The lowest BCUT2D eigenvalue weighted by molar-refractivity contribution is 0.0827. The van der Waals surface area contributed by atoms with Gasteiger partial charge in [-0.3, -0.25) is 4.79 Å². The van der Waals surface area contributed by atoms with E-state index in [1.807, 2.05) is 24.3 Å². The quantitative estimate of drug-likeness (QED) is 0.461. The number of ether oxygens (including phenoxy) is 1. The third-order valence-corrected chi connectivity index (χ3v) is 5.61. The van der Waals surface area contributed by atoms with E-state index in [0.29, 0.717) is 18.2 Å². The summed E-state index contributed by atoms with van der Waals surface area (Å²) in [4.78, 5) is 18.3. The fourth-order valence-electron chi connectivity index (χ4n) is 3.78. The van der Waals surface area contributed by atoms with E-state index in [0.717, 1.165) is 36.8 Å². The number of guanidine groups is 1. The van der Waals surface area contributed by atoms with Crippen molar-refractivity contribution in [2.45, 2.75) is 51.7 Å². The lowest BCUT2D eigenvalue weighted by atomic mass is 10.1. The van der Waals surface area contributed by atoms with E-state index < -0.39 is 0 Å². The molecule has 2 aromatic rings. The molecular weight excluding hydrogens is 400 g/mol. The summed E-state index contributed by atoms with van der Waals surface area (Å²) in [6.45, 7) is 4.21. The minimum Gasteiger partial charge on any atom is -0.490 e.